The minimum absolute atomic E-state index is 0.332. The van der Waals surface area contributed by atoms with Crippen molar-refractivity contribution in [3.8, 4) is 0 Å². The third-order valence-corrected chi connectivity index (χ3v) is 2.28. The zero-order valence-electron chi connectivity index (χ0n) is 9.33. The van der Waals surface area contributed by atoms with E-state index in [0.717, 1.165) is 0 Å². The molecule has 0 radical (unpaired) electrons. The Hall–Kier alpha value is -1.52. The molecule has 0 spiro atoms. The van der Waals surface area contributed by atoms with Gasteiger partial charge in [0.25, 0.3) is 0 Å². The molecular formula is C12H13F3O2. The number of esters is 1. The molecule has 0 heterocycles. The summed E-state index contributed by atoms with van der Waals surface area (Å²) in [7, 11) is 0. The molecule has 0 fully saturated rings. The Morgan fingerprint density at radius 2 is 1.88 bits per heavy atom. The van der Waals surface area contributed by atoms with Crippen molar-refractivity contribution in [2.75, 3.05) is 0 Å². The minimum Gasteiger partial charge on any atom is -0.372 e. The van der Waals surface area contributed by atoms with Crippen LogP contribution in [0.4, 0.5) is 13.2 Å². The number of ether oxygens (including phenoxy) is 1. The van der Waals surface area contributed by atoms with Gasteiger partial charge in [-0.2, -0.15) is 0 Å². The number of carbonyl (C=O) groups excluding carboxylic acids is 1. The van der Waals surface area contributed by atoms with Crippen LogP contribution in [0.1, 0.15) is 31.2 Å². The molecule has 2 nitrogen and oxygen atoms in total. The van der Waals surface area contributed by atoms with Gasteiger partial charge in [-0.3, -0.25) is 4.79 Å². The molecular weight excluding hydrogens is 233 g/mol. The van der Waals surface area contributed by atoms with Crippen molar-refractivity contribution in [2.24, 2.45) is 0 Å². The van der Waals surface area contributed by atoms with Crippen molar-refractivity contribution in [3.05, 3.63) is 35.9 Å². The molecule has 0 aliphatic heterocycles. The molecule has 0 amide bonds. The second kappa shape index (κ2) is 5.70. The summed E-state index contributed by atoms with van der Waals surface area (Å²) in [6.07, 6.45) is -3.98. The van der Waals surface area contributed by atoms with E-state index in [-0.39, 0.29) is 0 Å². The topological polar surface area (TPSA) is 26.3 Å². The Labute approximate surface area is 97.4 Å². The summed E-state index contributed by atoms with van der Waals surface area (Å²) >= 11 is 0. The van der Waals surface area contributed by atoms with Crippen molar-refractivity contribution in [1.82, 2.24) is 0 Å². The average Bonchev–Trinajstić information content (AvgIpc) is 2.24. The van der Waals surface area contributed by atoms with Gasteiger partial charge in [0.2, 0.25) is 0 Å². The second-order valence-electron chi connectivity index (χ2n) is 3.62. The Morgan fingerprint density at radius 1 is 1.29 bits per heavy atom. The maximum Gasteiger partial charge on any atom is 0.575 e. The predicted octanol–water partition coefficient (Wildman–Crippen LogP) is 3.63. The lowest BCUT2D eigenvalue weighted by molar-refractivity contribution is -0.306. The molecule has 0 N–H and O–H groups in total. The van der Waals surface area contributed by atoms with Gasteiger partial charge in [0, 0.05) is 0 Å². The van der Waals surface area contributed by atoms with E-state index in [0.29, 0.717) is 18.4 Å². The molecule has 94 valence electrons. The minimum atomic E-state index is -4.92. The van der Waals surface area contributed by atoms with Crippen molar-refractivity contribution in [1.29, 1.82) is 0 Å². The molecule has 0 aromatic heterocycles. The Bertz CT molecular complexity index is 360. The van der Waals surface area contributed by atoms with Crippen LogP contribution in [-0.4, -0.2) is 12.3 Å². The Kier molecular flexibility index (Phi) is 4.54. The van der Waals surface area contributed by atoms with Crippen LogP contribution in [0.3, 0.4) is 0 Å². The summed E-state index contributed by atoms with van der Waals surface area (Å²) in [6.45, 7) is 1.80. The highest BCUT2D eigenvalue weighted by molar-refractivity contribution is 5.78. The first-order chi connectivity index (χ1) is 7.94. The number of benzene rings is 1. The van der Waals surface area contributed by atoms with Crippen LogP contribution in [0.25, 0.3) is 0 Å². The maximum absolute atomic E-state index is 12.0. The monoisotopic (exact) mass is 246 g/mol. The number of hydrogen-bond donors (Lipinski definition) is 0. The van der Waals surface area contributed by atoms with Crippen LogP contribution in [0.2, 0.25) is 0 Å². The van der Waals surface area contributed by atoms with Gasteiger partial charge in [0.05, 0.1) is 5.92 Å². The lowest BCUT2D eigenvalue weighted by Gasteiger charge is -2.16. The van der Waals surface area contributed by atoms with Crippen LogP contribution in [0, 0.1) is 0 Å². The molecule has 0 aliphatic carbocycles. The summed E-state index contributed by atoms with van der Waals surface area (Å²) in [5, 5.41) is 0. The molecule has 0 saturated heterocycles. The van der Waals surface area contributed by atoms with E-state index in [2.05, 4.69) is 4.74 Å². The summed E-state index contributed by atoms with van der Waals surface area (Å²) in [4.78, 5) is 11.4. The zero-order valence-corrected chi connectivity index (χ0v) is 9.33. The largest absolute Gasteiger partial charge is 0.575 e. The van der Waals surface area contributed by atoms with Crippen LogP contribution in [-0.2, 0) is 9.53 Å². The third-order valence-electron chi connectivity index (χ3n) is 2.28. The molecule has 5 heteroatoms. The summed E-state index contributed by atoms with van der Waals surface area (Å²) in [6, 6.07) is 8.34. The van der Waals surface area contributed by atoms with E-state index >= 15 is 0 Å². The quantitative estimate of drug-likeness (QED) is 0.758. The molecule has 0 aliphatic rings. The van der Waals surface area contributed by atoms with Crippen LogP contribution in [0.15, 0.2) is 30.3 Å². The number of hydrogen-bond acceptors (Lipinski definition) is 2. The number of rotatable bonds is 4. The van der Waals surface area contributed by atoms with E-state index in [1.54, 1.807) is 37.3 Å². The van der Waals surface area contributed by atoms with Gasteiger partial charge in [0.15, 0.2) is 0 Å². The number of halogens is 3. The van der Waals surface area contributed by atoms with Gasteiger partial charge in [0.1, 0.15) is 0 Å². The van der Waals surface area contributed by atoms with Gasteiger partial charge in [-0.25, -0.2) is 0 Å². The van der Waals surface area contributed by atoms with Gasteiger partial charge < -0.3 is 4.74 Å². The molecule has 0 bridgehead atoms. The molecule has 1 aromatic rings. The average molecular weight is 246 g/mol. The summed E-state index contributed by atoms with van der Waals surface area (Å²) in [5.74, 6) is -2.10. The summed E-state index contributed by atoms with van der Waals surface area (Å²) < 4.78 is 39.4. The maximum atomic E-state index is 12.0. The number of carbonyl (C=O) groups is 1. The smallest absolute Gasteiger partial charge is 0.372 e. The first kappa shape index (κ1) is 13.5. The normalized spacial score (nSPS) is 13.2. The zero-order chi connectivity index (χ0) is 12.9. The molecule has 17 heavy (non-hydrogen) atoms. The van der Waals surface area contributed by atoms with Crippen molar-refractivity contribution >= 4 is 5.97 Å². The third kappa shape index (κ3) is 4.46. The Morgan fingerprint density at radius 3 is 2.35 bits per heavy atom. The van der Waals surface area contributed by atoms with Crippen molar-refractivity contribution in [2.45, 2.75) is 32.0 Å². The van der Waals surface area contributed by atoms with E-state index in [1.807, 2.05) is 0 Å². The first-order valence-corrected chi connectivity index (χ1v) is 5.28. The second-order valence-corrected chi connectivity index (χ2v) is 3.62. The fourth-order valence-corrected chi connectivity index (χ4v) is 1.58. The molecule has 1 aromatic carbocycles. The fourth-order valence-electron chi connectivity index (χ4n) is 1.58. The number of alkyl halides is 3. The van der Waals surface area contributed by atoms with Crippen molar-refractivity contribution < 1.29 is 22.7 Å². The van der Waals surface area contributed by atoms with E-state index in [1.165, 1.54) is 0 Å². The van der Waals surface area contributed by atoms with Crippen molar-refractivity contribution in [3.63, 3.8) is 0 Å². The highest BCUT2D eigenvalue weighted by Gasteiger charge is 2.37. The van der Waals surface area contributed by atoms with E-state index in [9.17, 15) is 18.0 Å². The van der Waals surface area contributed by atoms with Crippen LogP contribution >= 0.6 is 0 Å². The van der Waals surface area contributed by atoms with Gasteiger partial charge in [-0.05, 0) is 12.0 Å². The molecule has 1 unspecified atom stereocenters. The van der Waals surface area contributed by atoms with E-state index < -0.39 is 18.2 Å². The molecule has 0 saturated carbocycles. The van der Waals surface area contributed by atoms with Gasteiger partial charge in [-0.15, -0.1) is 13.2 Å². The fraction of sp³-hybridized carbons (Fsp3) is 0.417. The highest BCUT2D eigenvalue weighted by Crippen LogP contribution is 2.26. The first-order valence-electron chi connectivity index (χ1n) is 5.28. The van der Waals surface area contributed by atoms with Gasteiger partial charge in [-0.1, -0.05) is 43.7 Å². The van der Waals surface area contributed by atoms with Crippen LogP contribution in [0.5, 0.6) is 0 Å². The van der Waals surface area contributed by atoms with E-state index in [4.69, 9.17) is 0 Å². The molecule has 1 rings (SSSR count). The van der Waals surface area contributed by atoms with Gasteiger partial charge >= 0.3 is 12.3 Å². The predicted molar refractivity (Wildman–Crippen MR) is 56.2 cm³/mol. The summed E-state index contributed by atoms with van der Waals surface area (Å²) in [5.41, 5.74) is 0.545. The van der Waals surface area contributed by atoms with Crippen LogP contribution < -0.4 is 0 Å². The lowest BCUT2D eigenvalue weighted by Crippen LogP contribution is -2.24. The molecule has 1 atom stereocenters. The lowest BCUT2D eigenvalue weighted by atomic mass is 9.95. The Balaban J connectivity index is 2.83. The standard InChI is InChI=1S/C12H13F3O2/c1-2-6-10(9-7-4-3-5-8-9)11(16)17-12(13,14)15/h3-5,7-8,10H,2,6H2,1H3. The highest BCUT2D eigenvalue weighted by atomic mass is 19.4. The SMILES string of the molecule is CCCC(C(=O)OC(F)(F)F)c1ccccc1.